The van der Waals surface area contributed by atoms with Crippen LogP contribution in [0, 0.1) is 0 Å². The number of primary amides is 1. The Morgan fingerprint density at radius 2 is 2.09 bits per heavy atom. The average Bonchev–Trinajstić information content (AvgIpc) is 1.88. The molecule has 4 N–H and O–H groups in total. The number of carbonyl (C=O) groups is 1. The van der Waals surface area contributed by atoms with E-state index in [4.69, 9.17) is 11.5 Å². The summed E-state index contributed by atoms with van der Waals surface area (Å²) in [5.74, 6) is -0.350. The van der Waals surface area contributed by atoms with Crippen LogP contribution in [0.1, 0.15) is 19.8 Å². The largest absolute Gasteiger partial charge is 0.366 e. The fourth-order valence-corrected chi connectivity index (χ4v) is 0.537. The number of unbranched alkanes of at least 4 members (excludes halogenated alkanes) is 1. The Bertz CT molecular complexity index is 145. The van der Waals surface area contributed by atoms with Crippen molar-refractivity contribution in [3.05, 3.63) is 11.6 Å². The first-order valence-corrected chi connectivity index (χ1v) is 3.35. The van der Waals surface area contributed by atoms with Gasteiger partial charge in [-0.15, -0.1) is 12.4 Å². The average molecular weight is 179 g/mol. The predicted octanol–water partition coefficient (Wildman–Crippen LogP) is 0.579. The van der Waals surface area contributed by atoms with Gasteiger partial charge in [0.2, 0.25) is 5.91 Å². The Hall–Kier alpha value is -0.540. The van der Waals surface area contributed by atoms with Crippen molar-refractivity contribution in [1.82, 2.24) is 0 Å². The van der Waals surface area contributed by atoms with Gasteiger partial charge in [-0.05, 0) is 26.3 Å². The summed E-state index contributed by atoms with van der Waals surface area (Å²) in [6, 6.07) is 0. The number of hydrogen-bond donors (Lipinski definition) is 2. The minimum Gasteiger partial charge on any atom is -0.366 e. The molecule has 0 aromatic rings. The number of rotatable bonds is 4. The first kappa shape index (κ1) is 13.1. The van der Waals surface area contributed by atoms with E-state index in [0.29, 0.717) is 12.1 Å². The van der Waals surface area contributed by atoms with Gasteiger partial charge in [0.25, 0.3) is 0 Å². The van der Waals surface area contributed by atoms with Gasteiger partial charge in [0.15, 0.2) is 0 Å². The maximum Gasteiger partial charge on any atom is 0.244 e. The maximum absolute atomic E-state index is 10.4. The van der Waals surface area contributed by atoms with E-state index in [0.717, 1.165) is 12.8 Å². The predicted molar refractivity (Wildman–Crippen MR) is 48.5 cm³/mol. The summed E-state index contributed by atoms with van der Waals surface area (Å²) in [6.07, 6.45) is 3.56. The summed E-state index contributed by atoms with van der Waals surface area (Å²) in [7, 11) is 0. The van der Waals surface area contributed by atoms with Gasteiger partial charge in [-0.25, -0.2) is 0 Å². The molecule has 0 rings (SSSR count). The van der Waals surface area contributed by atoms with E-state index in [2.05, 4.69) is 0 Å². The molecule has 66 valence electrons. The van der Waals surface area contributed by atoms with Crippen LogP contribution < -0.4 is 11.5 Å². The molecule has 0 spiro atoms. The van der Waals surface area contributed by atoms with Crippen LogP contribution in [-0.4, -0.2) is 12.5 Å². The minimum absolute atomic E-state index is 0. The lowest BCUT2D eigenvalue weighted by Crippen LogP contribution is -2.11. The van der Waals surface area contributed by atoms with E-state index < -0.39 is 0 Å². The Kier molecular flexibility index (Phi) is 9.00. The van der Waals surface area contributed by atoms with Crippen LogP contribution in [0.15, 0.2) is 11.6 Å². The molecule has 11 heavy (non-hydrogen) atoms. The van der Waals surface area contributed by atoms with Crippen molar-refractivity contribution in [3.8, 4) is 0 Å². The highest BCUT2D eigenvalue weighted by Gasteiger charge is 1.93. The monoisotopic (exact) mass is 178 g/mol. The van der Waals surface area contributed by atoms with Crippen molar-refractivity contribution in [2.45, 2.75) is 19.8 Å². The van der Waals surface area contributed by atoms with Crippen LogP contribution in [-0.2, 0) is 4.79 Å². The van der Waals surface area contributed by atoms with Crippen LogP contribution in [0.4, 0.5) is 0 Å². The SMILES string of the molecule is CC(=CCCCN)C(N)=O.Cl. The smallest absolute Gasteiger partial charge is 0.244 e. The molecular weight excluding hydrogens is 164 g/mol. The summed E-state index contributed by atoms with van der Waals surface area (Å²) in [5, 5.41) is 0. The lowest BCUT2D eigenvalue weighted by molar-refractivity contribution is -0.114. The highest BCUT2D eigenvalue weighted by atomic mass is 35.5. The highest BCUT2D eigenvalue weighted by Crippen LogP contribution is 1.95. The van der Waals surface area contributed by atoms with Crippen molar-refractivity contribution < 1.29 is 4.79 Å². The molecule has 0 aliphatic rings. The van der Waals surface area contributed by atoms with E-state index in [-0.39, 0.29) is 18.3 Å². The van der Waals surface area contributed by atoms with Crippen LogP contribution in [0.5, 0.6) is 0 Å². The lowest BCUT2D eigenvalue weighted by Gasteiger charge is -1.92. The second kappa shape index (κ2) is 7.57. The molecule has 0 aromatic heterocycles. The van der Waals surface area contributed by atoms with Crippen molar-refractivity contribution in [1.29, 1.82) is 0 Å². The van der Waals surface area contributed by atoms with E-state index in [9.17, 15) is 4.79 Å². The number of hydrogen-bond acceptors (Lipinski definition) is 2. The zero-order valence-electron chi connectivity index (χ0n) is 6.67. The highest BCUT2D eigenvalue weighted by molar-refractivity contribution is 5.91. The van der Waals surface area contributed by atoms with Gasteiger partial charge in [-0.3, -0.25) is 4.79 Å². The summed E-state index contributed by atoms with van der Waals surface area (Å²) in [6.45, 7) is 2.36. The maximum atomic E-state index is 10.4. The standard InChI is InChI=1S/C7H14N2O.ClH/c1-6(7(9)10)4-2-3-5-8;/h4H,2-3,5,8H2,1H3,(H2,9,10);1H. The minimum atomic E-state index is -0.350. The van der Waals surface area contributed by atoms with Gasteiger partial charge in [0.05, 0.1) is 0 Å². The molecule has 0 heterocycles. The van der Waals surface area contributed by atoms with Crippen molar-refractivity contribution in [3.63, 3.8) is 0 Å². The van der Waals surface area contributed by atoms with Crippen LogP contribution >= 0.6 is 12.4 Å². The molecule has 0 saturated carbocycles. The summed E-state index contributed by atoms with van der Waals surface area (Å²) >= 11 is 0. The second-order valence-corrected chi connectivity index (χ2v) is 2.18. The Morgan fingerprint density at radius 3 is 2.45 bits per heavy atom. The van der Waals surface area contributed by atoms with E-state index in [1.165, 1.54) is 0 Å². The fraction of sp³-hybridized carbons (Fsp3) is 0.571. The Balaban J connectivity index is 0. The number of nitrogens with two attached hydrogens (primary N) is 2. The molecule has 0 bridgehead atoms. The fourth-order valence-electron chi connectivity index (χ4n) is 0.537. The molecule has 0 atom stereocenters. The summed E-state index contributed by atoms with van der Waals surface area (Å²) < 4.78 is 0. The molecule has 0 saturated heterocycles. The van der Waals surface area contributed by atoms with Crippen molar-refractivity contribution >= 4 is 18.3 Å². The first-order valence-electron chi connectivity index (χ1n) is 3.35. The topological polar surface area (TPSA) is 69.1 Å². The normalized spacial score (nSPS) is 10.5. The van der Waals surface area contributed by atoms with Crippen LogP contribution in [0.2, 0.25) is 0 Å². The van der Waals surface area contributed by atoms with Gasteiger partial charge in [0.1, 0.15) is 0 Å². The summed E-state index contributed by atoms with van der Waals surface area (Å²) in [4.78, 5) is 10.4. The number of carbonyl (C=O) groups excluding carboxylic acids is 1. The van der Waals surface area contributed by atoms with Crippen molar-refractivity contribution in [2.24, 2.45) is 11.5 Å². The second-order valence-electron chi connectivity index (χ2n) is 2.18. The third-order valence-corrected chi connectivity index (χ3v) is 1.25. The van der Waals surface area contributed by atoms with Gasteiger partial charge >= 0.3 is 0 Å². The van der Waals surface area contributed by atoms with Gasteiger partial charge in [0, 0.05) is 5.57 Å². The number of halogens is 1. The molecule has 0 aromatic carbocycles. The van der Waals surface area contributed by atoms with Crippen molar-refractivity contribution in [2.75, 3.05) is 6.54 Å². The number of allylic oxidation sites excluding steroid dienone is 1. The molecule has 4 heteroatoms. The van der Waals surface area contributed by atoms with E-state index in [1.54, 1.807) is 6.92 Å². The molecule has 3 nitrogen and oxygen atoms in total. The Labute approximate surface area is 73.2 Å². The molecule has 0 unspecified atom stereocenters. The van der Waals surface area contributed by atoms with Gasteiger partial charge in [-0.1, -0.05) is 6.08 Å². The molecule has 0 aliphatic heterocycles. The Morgan fingerprint density at radius 1 is 1.55 bits per heavy atom. The summed E-state index contributed by atoms with van der Waals surface area (Å²) in [5.41, 5.74) is 10.8. The molecule has 0 fully saturated rings. The first-order chi connectivity index (χ1) is 4.68. The zero-order valence-corrected chi connectivity index (χ0v) is 7.49. The quantitative estimate of drug-likeness (QED) is 0.489. The number of amides is 1. The van der Waals surface area contributed by atoms with Crippen LogP contribution in [0.3, 0.4) is 0 Å². The molecule has 0 radical (unpaired) electrons. The molecule has 1 amide bonds. The molecule has 0 aliphatic carbocycles. The lowest BCUT2D eigenvalue weighted by atomic mass is 10.2. The van der Waals surface area contributed by atoms with Gasteiger partial charge < -0.3 is 11.5 Å². The van der Waals surface area contributed by atoms with E-state index >= 15 is 0 Å². The molecular formula is C7H15ClN2O. The van der Waals surface area contributed by atoms with Gasteiger partial charge in [-0.2, -0.15) is 0 Å². The van der Waals surface area contributed by atoms with E-state index in [1.807, 2.05) is 6.08 Å². The third-order valence-electron chi connectivity index (χ3n) is 1.25. The van der Waals surface area contributed by atoms with Crippen LogP contribution in [0.25, 0.3) is 0 Å². The zero-order chi connectivity index (χ0) is 7.98. The third kappa shape index (κ3) is 7.36.